The third kappa shape index (κ3) is 4.22. The molecule has 0 spiro atoms. The van der Waals surface area contributed by atoms with Crippen LogP contribution in [0, 0.1) is 0 Å². The van der Waals surface area contributed by atoms with Crippen molar-refractivity contribution in [3.8, 4) is 5.88 Å². The van der Waals surface area contributed by atoms with Crippen LogP contribution in [0.1, 0.15) is 29.9 Å². The molecule has 0 saturated heterocycles. The first-order valence-electron chi connectivity index (χ1n) is 6.51. The Bertz CT molecular complexity index is 627. The van der Waals surface area contributed by atoms with Gasteiger partial charge in [0.25, 0.3) is 11.8 Å². The van der Waals surface area contributed by atoms with Crippen molar-refractivity contribution in [2.45, 2.75) is 31.5 Å². The van der Waals surface area contributed by atoms with E-state index in [4.69, 9.17) is 5.73 Å². The van der Waals surface area contributed by atoms with Gasteiger partial charge in [-0.25, -0.2) is 13.8 Å². The van der Waals surface area contributed by atoms with Crippen LogP contribution >= 0.6 is 0 Å². The Morgan fingerprint density at radius 3 is 2.29 bits per heavy atom. The summed E-state index contributed by atoms with van der Waals surface area (Å²) in [6.45, 7) is 0.365. The van der Waals surface area contributed by atoms with Crippen LogP contribution in [-0.2, 0) is 6.18 Å². The molecule has 11 heteroatoms. The number of rotatable bonds is 5. The number of aliphatic hydroxyl groups is 1. The zero-order chi connectivity index (χ0) is 18.9. The van der Waals surface area contributed by atoms with E-state index in [2.05, 4.69) is 9.72 Å². The third-order valence-electron chi connectivity index (χ3n) is 3.27. The standard InChI is InChI=1S/C13H16F5N3O3/c1-11(23,12(2,14)15)5-20-9(22)8-7(19)4-6(13(16,17)18)10(21-8)24-3/h4,23H,5,19H2,1-3H3,(H,20,22)/t11-/m0/s1. The summed E-state index contributed by atoms with van der Waals surface area (Å²) >= 11 is 0. The number of ether oxygens (including phenoxy) is 1. The second kappa shape index (κ2) is 6.38. The Morgan fingerprint density at radius 1 is 1.33 bits per heavy atom. The molecule has 24 heavy (non-hydrogen) atoms. The summed E-state index contributed by atoms with van der Waals surface area (Å²) in [5.74, 6) is -5.56. The van der Waals surface area contributed by atoms with E-state index in [1.807, 2.05) is 5.32 Å². The molecule has 0 aromatic carbocycles. The number of methoxy groups -OCH3 is 1. The molecule has 0 radical (unpaired) electrons. The minimum absolute atomic E-state index is 0.451. The number of pyridine rings is 1. The van der Waals surface area contributed by atoms with Gasteiger partial charge in [0, 0.05) is 6.92 Å². The third-order valence-corrected chi connectivity index (χ3v) is 3.27. The molecule has 1 amide bonds. The lowest BCUT2D eigenvalue weighted by molar-refractivity contribution is -0.155. The normalized spacial score (nSPS) is 14.9. The molecular formula is C13H16F5N3O3. The Hall–Kier alpha value is -2.17. The van der Waals surface area contributed by atoms with Gasteiger partial charge in [-0.2, -0.15) is 13.2 Å². The maximum Gasteiger partial charge on any atom is 0.421 e. The Labute approximate surface area is 133 Å². The van der Waals surface area contributed by atoms with Gasteiger partial charge in [0.15, 0.2) is 5.69 Å². The average Bonchev–Trinajstić information content (AvgIpc) is 2.42. The molecule has 1 aromatic heterocycles. The number of carbonyl (C=O) groups is 1. The number of hydrogen-bond donors (Lipinski definition) is 3. The van der Waals surface area contributed by atoms with Crippen molar-refractivity contribution in [1.29, 1.82) is 0 Å². The number of carbonyl (C=O) groups excluding carboxylic acids is 1. The van der Waals surface area contributed by atoms with Crippen LogP contribution in [0.15, 0.2) is 6.07 Å². The van der Waals surface area contributed by atoms with Crippen molar-refractivity contribution in [3.63, 3.8) is 0 Å². The second-order valence-electron chi connectivity index (χ2n) is 5.33. The summed E-state index contributed by atoms with van der Waals surface area (Å²) in [6.07, 6.45) is -4.81. The first-order chi connectivity index (χ1) is 10.7. The van der Waals surface area contributed by atoms with E-state index in [1.54, 1.807) is 0 Å². The summed E-state index contributed by atoms with van der Waals surface area (Å²) in [5.41, 5.74) is 0.251. The first kappa shape index (κ1) is 19.9. The summed E-state index contributed by atoms with van der Waals surface area (Å²) in [7, 11) is 0.915. The monoisotopic (exact) mass is 357 g/mol. The fraction of sp³-hybridized carbons (Fsp3) is 0.538. The zero-order valence-corrected chi connectivity index (χ0v) is 13.0. The molecule has 1 aromatic rings. The molecule has 1 atom stereocenters. The Morgan fingerprint density at radius 2 is 1.88 bits per heavy atom. The van der Waals surface area contributed by atoms with Gasteiger partial charge in [0.2, 0.25) is 5.88 Å². The molecule has 0 aliphatic carbocycles. The number of nitrogen functional groups attached to an aromatic ring is 1. The number of halogens is 5. The predicted molar refractivity (Wildman–Crippen MR) is 73.8 cm³/mol. The van der Waals surface area contributed by atoms with Crippen LogP contribution in [-0.4, -0.2) is 41.2 Å². The van der Waals surface area contributed by atoms with Gasteiger partial charge >= 0.3 is 6.18 Å². The highest BCUT2D eigenvalue weighted by Crippen LogP contribution is 2.37. The number of amides is 1. The molecule has 0 saturated carbocycles. The average molecular weight is 357 g/mol. The SMILES string of the molecule is COc1nc(C(=O)NC[C@](C)(O)C(C)(F)F)c(N)cc1C(F)(F)F. The number of nitrogens with zero attached hydrogens (tertiary/aromatic N) is 1. The molecule has 0 unspecified atom stereocenters. The lowest BCUT2D eigenvalue weighted by Gasteiger charge is -2.29. The zero-order valence-electron chi connectivity index (χ0n) is 13.0. The largest absolute Gasteiger partial charge is 0.481 e. The van der Waals surface area contributed by atoms with E-state index in [9.17, 15) is 31.9 Å². The quantitative estimate of drug-likeness (QED) is 0.699. The van der Waals surface area contributed by atoms with Crippen molar-refractivity contribution >= 4 is 11.6 Å². The molecule has 0 bridgehead atoms. The highest BCUT2D eigenvalue weighted by molar-refractivity contribution is 5.97. The van der Waals surface area contributed by atoms with Crippen molar-refractivity contribution in [3.05, 3.63) is 17.3 Å². The molecule has 1 rings (SSSR count). The van der Waals surface area contributed by atoms with Gasteiger partial charge in [-0.1, -0.05) is 0 Å². The maximum atomic E-state index is 13.1. The number of hydrogen-bond acceptors (Lipinski definition) is 5. The topological polar surface area (TPSA) is 97.5 Å². The molecular weight excluding hydrogens is 341 g/mol. The van der Waals surface area contributed by atoms with Crippen LogP contribution in [0.4, 0.5) is 27.6 Å². The van der Waals surface area contributed by atoms with Gasteiger partial charge in [-0.15, -0.1) is 0 Å². The first-order valence-corrected chi connectivity index (χ1v) is 6.51. The van der Waals surface area contributed by atoms with Gasteiger partial charge in [-0.3, -0.25) is 4.79 Å². The summed E-state index contributed by atoms with van der Waals surface area (Å²) < 4.78 is 69.2. The highest BCUT2D eigenvalue weighted by atomic mass is 19.4. The molecule has 0 aliphatic heterocycles. The van der Waals surface area contributed by atoms with E-state index in [-0.39, 0.29) is 0 Å². The van der Waals surface area contributed by atoms with E-state index in [0.717, 1.165) is 14.0 Å². The van der Waals surface area contributed by atoms with E-state index in [0.29, 0.717) is 13.0 Å². The predicted octanol–water partition coefficient (Wildman–Crippen LogP) is 1.83. The van der Waals surface area contributed by atoms with E-state index >= 15 is 0 Å². The van der Waals surface area contributed by atoms with Gasteiger partial charge in [0.05, 0.1) is 19.3 Å². The highest BCUT2D eigenvalue weighted by Gasteiger charge is 2.45. The fourth-order valence-corrected chi connectivity index (χ4v) is 1.54. The summed E-state index contributed by atoms with van der Waals surface area (Å²) in [6, 6.07) is 0.452. The van der Waals surface area contributed by atoms with Crippen molar-refractivity contribution in [1.82, 2.24) is 10.3 Å². The number of nitrogens with two attached hydrogens (primary N) is 1. The number of nitrogens with one attached hydrogen (secondary N) is 1. The maximum absolute atomic E-state index is 13.1. The smallest absolute Gasteiger partial charge is 0.421 e. The van der Waals surface area contributed by atoms with Crippen LogP contribution in [0.25, 0.3) is 0 Å². The minimum atomic E-state index is -4.81. The van der Waals surface area contributed by atoms with Crippen LogP contribution in [0.2, 0.25) is 0 Å². The van der Waals surface area contributed by atoms with Gasteiger partial charge < -0.3 is 20.9 Å². The van der Waals surface area contributed by atoms with Gasteiger partial charge in [-0.05, 0) is 13.0 Å². The Kier molecular flexibility index (Phi) is 5.28. The molecule has 1 heterocycles. The molecule has 6 nitrogen and oxygen atoms in total. The molecule has 136 valence electrons. The molecule has 0 aliphatic rings. The van der Waals surface area contributed by atoms with Crippen molar-refractivity contribution in [2.75, 3.05) is 19.4 Å². The second-order valence-corrected chi connectivity index (χ2v) is 5.33. The number of alkyl halides is 5. The summed E-state index contributed by atoms with van der Waals surface area (Å²) in [4.78, 5) is 15.3. The van der Waals surface area contributed by atoms with Crippen LogP contribution in [0.3, 0.4) is 0 Å². The number of aromatic nitrogens is 1. The van der Waals surface area contributed by atoms with Crippen LogP contribution < -0.4 is 15.8 Å². The summed E-state index contributed by atoms with van der Waals surface area (Å²) in [5, 5.41) is 11.5. The molecule has 0 fully saturated rings. The van der Waals surface area contributed by atoms with E-state index < -0.39 is 53.0 Å². The Balaban J connectivity index is 3.09. The molecule has 4 N–H and O–H groups in total. The van der Waals surface area contributed by atoms with E-state index in [1.165, 1.54) is 0 Å². The minimum Gasteiger partial charge on any atom is -0.481 e. The van der Waals surface area contributed by atoms with Crippen molar-refractivity contribution < 1.29 is 36.6 Å². The lowest BCUT2D eigenvalue weighted by Crippen LogP contribution is -2.52. The van der Waals surface area contributed by atoms with Crippen LogP contribution in [0.5, 0.6) is 5.88 Å². The van der Waals surface area contributed by atoms with Crippen molar-refractivity contribution in [2.24, 2.45) is 0 Å². The van der Waals surface area contributed by atoms with Gasteiger partial charge in [0.1, 0.15) is 11.2 Å². The number of anilines is 1. The lowest BCUT2D eigenvalue weighted by atomic mass is 9.99. The fourth-order valence-electron chi connectivity index (χ4n) is 1.54.